The molecular weight excluding hydrogens is 308 g/mol. The van der Waals surface area contributed by atoms with Crippen molar-refractivity contribution in [2.75, 3.05) is 7.11 Å². The van der Waals surface area contributed by atoms with Crippen LogP contribution in [-0.4, -0.2) is 26.9 Å². The third kappa shape index (κ3) is 2.23. The van der Waals surface area contributed by atoms with Gasteiger partial charge >= 0.3 is 0 Å². The highest BCUT2D eigenvalue weighted by Gasteiger charge is 2.14. The maximum atomic E-state index is 12.1. The van der Waals surface area contributed by atoms with Gasteiger partial charge in [0, 0.05) is 10.8 Å². The van der Waals surface area contributed by atoms with Crippen LogP contribution >= 0.6 is 0 Å². The van der Waals surface area contributed by atoms with E-state index in [1.807, 2.05) is 36.4 Å². The molecule has 2 heterocycles. The van der Waals surface area contributed by atoms with Crippen molar-refractivity contribution in [2.24, 2.45) is 0 Å². The molecule has 7 nitrogen and oxygen atoms in total. The molecule has 118 valence electrons. The van der Waals surface area contributed by atoms with Gasteiger partial charge in [-0.3, -0.25) is 4.79 Å². The van der Waals surface area contributed by atoms with Gasteiger partial charge in [-0.05, 0) is 18.2 Å². The van der Waals surface area contributed by atoms with Gasteiger partial charge in [0.25, 0.3) is 5.56 Å². The zero-order chi connectivity index (χ0) is 16.5. The number of nitrogens with zero attached hydrogens (tertiary/aromatic N) is 4. The molecule has 0 spiro atoms. The van der Waals surface area contributed by atoms with E-state index in [1.165, 1.54) is 4.52 Å². The Labute approximate surface area is 136 Å². The zero-order valence-corrected chi connectivity index (χ0v) is 12.7. The summed E-state index contributed by atoms with van der Waals surface area (Å²) in [6, 6.07) is 14.7. The van der Waals surface area contributed by atoms with Crippen molar-refractivity contribution >= 4 is 16.4 Å². The third-order valence-electron chi connectivity index (χ3n) is 3.59. The summed E-state index contributed by atoms with van der Waals surface area (Å²) in [6.45, 7) is 0. The summed E-state index contributed by atoms with van der Waals surface area (Å²) in [6.07, 6.45) is 1.11. The van der Waals surface area contributed by atoms with Gasteiger partial charge < -0.3 is 9.47 Å². The van der Waals surface area contributed by atoms with Gasteiger partial charge in [0.2, 0.25) is 5.88 Å². The largest absolute Gasteiger partial charge is 0.493 e. The third-order valence-corrected chi connectivity index (χ3v) is 3.59. The first-order valence-electron chi connectivity index (χ1n) is 7.22. The topological polar surface area (TPSA) is 78.6 Å². The molecule has 4 rings (SSSR count). The molecule has 0 saturated carbocycles. The van der Waals surface area contributed by atoms with Crippen LogP contribution in [0.2, 0.25) is 0 Å². The van der Waals surface area contributed by atoms with Crippen LogP contribution in [0.5, 0.6) is 17.4 Å². The first-order valence-corrected chi connectivity index (χ1v) is 7.22. The Bertz CT molecular complexity index is 1110. The summed E-state index contributed by atoms with van der Waals surface area (Å²) < 4.78 is 12.4. The summed E-state index contributed by atoms with van der Waals surface area (Å²) in [4.78, 5) is 12.1. The molecule has 4 aromatic rings. The van der Waals surface area contributed by atoms with Crippen molar-refractivity contribution < 1.29 is 9.47 Å². The standard InChI is InChI=1S/C17H12N4O3/c1-23-13-8-4-5-9-14(13)24-17-12-7-3-2-6-11(12)16-19-18-10-15(22)21(16)20-17/h2-10H,1H3. The van der Waals surface area contributed by atoms with E-state index in [4.69, 9.17) is 9.47 Å². The first kappa shape index (κ1) is 14.1. The van der Waals surface area contributed by atoms with E-state index in [2.05, 4.69) is 15.3 Å². The number of hydrogen-bond acceptors (Lipinski definition) is 6. The lowest BCUT2D eigenvalue weighted by Gasteiger charge is -2.12. The molecule has 0 fully saturated rings. The van der Waals surface area contributed by atoms with Gasteiger partial charge in [-0.2, -0.15) is 9.61 Å². The second-order valence-corrected chi connectivity index (χ2v) is 5.02. The lowest BCUT2D eigenvalue weighted by atomic mass is 10.2. The highest BCUT2D eigenvalue weighted by atomic mass is 16.5. The number of para-hydroxylation sites is 2. The average Bonchev–Trinajstić information content (AvgIpc) is 2.63. The molecule has 0 aliphatic rings. The van der Waals surface area contributed by atoms with Crippen LogP contribution in [0.4, 0.5) is 0 Å². The minimum Gasteiger partial charge on any atom is -0.493 e. The molecular formula is C17H12N4O3. The molecule has 7 heteroatoms. The van der Waals surface area contributed by atoms with Gasteiger partial charge in [0.05, 0.1) is 7.11 Å². The van der Waals surface area contributed by atoms with E-state index in [0.717, 1.165) is 17.0 Å². The quantitative estimate of drug-likeness (QED) is 0.540. The number of methoxy groups -OCH3 is 1. The fourth-order valence-corrected chi connectivity index (χ4v) is 2.49. The molecule has 0 saturated heterocycles. The summed E-state index contributed by atoms with van der Waals surface area (Å²) in [5.41, 5.74) is 0.00102. The van der Waals surface area contributed by atoms with Crippen LogP contribution < -0.4 is 15.0 Å². The second kappa shape index (κ2) is 5.62. The Kier molecular flexibility index (Phi) is 3.31. The molecule has 0 bridgehead atoms. The molecule has 24 heavy (non-hydrogen) atoms. The monoisotopic (exact) mass is 320 g/mol. The molecule has 0 aliphatic carbocycles. The van der Waals surface area contributed by atoms with Crippen LogP contribution in [0, 0.1) is 0 Å². The smallest absolute Gasteiger partial charge is 0.293 e. The van der Waals surface area contributed by atoms with E-state index in [1.54, 1.807) is 19.2 Å². The van der Waals surface area contributed by atoms with Crippen molar-refractivity contribution in [1.82, 2.24) is 19.8 Å². The Morgan fingerprint density at radius 2 is 1.67 bits per heavy atom. The predicted molar refractivity (Wildman–Crippen MR) is 87.6 cm³/mol. The minimum absolute atomic E-state index is 0.290. The average molecular weight is 320 g/mol. The van der Waals surface area contributed by atoms with Crippen LogP contribution in [0.1, 0.15) is 0 Å². The van der Waals surface area contributed by atoms with Gasteiger partial charge in [-0.25, -0.2) is 0 Å². The van der Waals surface area contributed by atoms with Crippen molar-refractivity contribution in [3.05, 3.63) is 65.1 Å². The maximum Gasteiger partial charge on any atom is 0.293 e. The van der Waals surface area contributed by atoms with Crippen molar-refractivity contribution in [3.8, 4) is 17.4 Å². The highest BCUT2D eigenvalue weighted by molar-refractivity contribution is 5.96. The van der Waals surface area contributed by atoms with Crippen LogP contribution in [-0.2, 0) is 0 Å². The van der Waals surface area contributed by atoms with Crippen LogP contribution in [0.15, 0.2) is 59.5 Å². The summed E-state index contributed by atoms with van der Waals surface area (Å²) in [5.74, 6) is 1.37. The number of benzene rings is 2. The molecule has 0 N–H and O–H groups in total. The number of rotatable bonds is 3. The zero-order valence-electron chi connectivity index (χ0n) is 12.7. The van der Waals surface area contributed by atoms with Crippen molar-refractivity contribution in [1.29, 1.82) is 0 Å². The fourth-order valence-electron chi connectivity index (χ4n) is 2.49. The molecule has 2 aromatic heterocycles. The van der Waals surface area contributed by atoms with E-state index in [-0.39, 0.29) is 11.4 Å². The van der Waals surface area contributed by atoms with Gasteiger partial charge in [0.1, 0.15) is 6.20 Å². The summed E-state index contributed by atoms with van der Waals surface area (Å²) in [7, 11) is 1.56. The molecule has 0 unspecified atom stereocenters. The predicted octanol–water partition coefficient (Wildman–Crippen LogP) is 2.44. The fraction of sp³-hybridized carbons (Fsp3) is 0.0588. The van der Waals surface area contributed by atoms with Crippen LogP contribution in [0.3, 0.4) is 0 Å². The second-order valence-electron chi connectivity index (χ2n) is 5.02. The number of ether oxygens (including phenoxy) is 2. The Balaban J connectivity index is 2.00. The Morgan fingerprint density at radius 1 is 0.958 bits per heavy atom. The molecule has 0 atom stereocenters. The number of aromatic nitrogens is 4. The number of hydrogen-bond donors (Lipinski definition) is 0. The Hall–Kier alpha value is -3.48. The summed E-state index contributed by atoms with van der Waals surface area (Å²) in [5, 5.41) is 13.5. The Morgan fingerprint density at radius 3 is 2.46 bits per heavy atom. The van der Waals surface area contributed by atoms with E-state index >= 15 is 0 Å². The van der Waals surface area contributed by atoms with Gasteiger partial charge in [-0.15, -0.1) is 10.2 Å². The lowest BCUT2D eigenvalue weighted by Crippen LogP contribution is -2.18. The minimum atomic E-state index is -0.379. The van der Waals surface area contributed by atoms with Crippen molar-refractivity contribution in [3.63, 3.8) is 0 Å². The lowest BCUT2D eigenvalue weighted by molar-refractivity contribution is 0.373. The van der Waals surface area contributed by atoms with E-state index in [9.17, 15) is 4.79 Å². The van der Waals surface area contributed by atoms with Gasteiger partial charge in [-0.1, -0.05) is 30.3 Å². The van der Waals surface area contributed by atoms with Crippen molar-refractivity contribution in [2.45, 2.75) is 0 Å². The SMILES string of the molecule is COc1ccccc1Oc1nn2c(=O)cnnc2c2ccccc12. The first-order chi connectivity index (χ1) is 11.8. The van der Waals surface area contributed by atoms with E-state index in [0.29, 0.717) is 17.1 Å². The normalized spacial score (nSPS) is 10.9. The van der Waals surface area contributed by atoms with Crippen LogP contribution in [0.25, 0.3) is 16.4 Å². The summed E-state index contributed by atoms with van der Waals surface area (Å²) >= 11 is 0. The molecule has 0 amide bonds. The number of fused-ring (bicyclic) bond motifs is 3. The highest BCUT2D eigenvalue weighted by Crippen LogP contribution is 2.33. The molecule has 0 aliphatic heterocycles. The van der Waals surface area contributed by atoms with Gasteiger partial charge in [0.15, 0.2) is 17.1 Å². The van der Waals surface area contributed by atoms with E-state index < -0.39 is 0 Å². The molecule has 0 radical (unpaired) electrons. The maximum absolute atomic E-state index is 12.1. The molecule has 2 aromatic carbocycles.